The van der Waals surface area contributed by atoms with Crippen molar-refractivity contribution in [3.8, 4) is 5.82 Å². The van der Waals surface area contributed by atoms with Crippen LogP contribution >= 0.6 is 0 Å². The monoisotopic (exact) mass is 418 g/mol. The zero-order valence-electron chi connectivity index (χ0n) is 16.0. The highest BCUT2D eigenvalue weighted by molar-refractivity contribution is 6.00. The standard InChI is InChI=1S/C18H17F3N8O/c1-10-15-16(28(2)9-14(30)26-15)27-17(25-10)23-6-11-3-4-13(22-5-11)29-8-12(7-24-29)18(19,20)21/h3-5,7-8H,6,9H2,1-2H3,(H,26,30)(H,23,25,27). The van der Waals surface area contributed by atoms with E-state index in [-0.39, 0.29) is 18.3 Å². The molecule has 0 saturated heterocycles. The number of carbonyl (C=O) groups is 1. The van der Waals surface area contributed by atoms with E-state index >= 15 is 0 Å². The van der Waals surface area contributed by atoms with Crippen LogP contribution in [0.3, 0.4) is 0 Å². The average Bonchev–Trinajstić information content (AvgIpc) is 3.18. The zero-order valence-corrected chi connectivity index (χ0v) is 16.0. The lowest BCUT2D eigenvalue weighted by atomic mass is 10.2. The molecule has 30 heavy (non-hydrogen) atoms. The fraction of sp³-hybridized carbons (Fsp3) is 0.278. The molecule has 3 aromatic heterocycles. The van der Waals surface area contributed by atoms with Crippen molar-refractivity contribution in [1.29, 1.82) is 0 Å². The number of anilines is 3. The summed E-state index contributed by atoms with van der Waals surface area (Å²) < 4.78 is 39.2. The predicted octanol–water partition coefficient (Wildman–Crippen LogP) is 2.38. The molecular formula is C18H17F3N8O. The molecule has 9 nitrogen and oxygen atoms in total. The highest BCUT2D eigenvalue weighted by Gasteiger charge is 2.32. The van der Waals surface area contributed by atoms with Gasteiger partial charge in [-0.2, -0.15) is 23.3 Å². The summed E-state index contributed by atoms with van der Waals surface area (Å²) in [5, 5.41) is 9.57. The molecular weight excluding hydrogens is 401 g/mol. The topological polar surface area (TPSA) is 101 Å². The summed E-state index contributed by atoms with van der Waals surface area (Å²) in [6, 6.07) is 3.30. The number of pyridine rings is 1. The Morgan fingerprint density at radius 3 is 2.70 bits per heavy atom. The van der Waals surface area contributed by atoms with Crippen molar-refractivity contribution in [2.24, 2.45) is 0 Å². The molecule has 0 aliphatic carbocycles. The molecule has 4 rings (SSSR count). The van der Waals surface area contributed by atoms with Crippen molar-refractivity contribution in [2.75, 3.05) is 29.1 Å². The maximum absolute atomic E-state index is 12.7. The third-order valence-corrected chi connectivity index (χ3v) is 4.48. The molecule has 2 N–H and O–H groups in total. The number of amides is 1. The fourth-order valence-corrected chi connectivity index (χ4v) is 2.96. The zero-order chi connectivity index (χ0) is 21.5. The van der Waals surface area contributed by atoms with E-state index in [1.54, 1.807) is 31.0 Å². The van der Waals surface area contributed by atoms with Crippen LogP contribution in [0.2, 0.25) is 0 Å². The summed E-state index contributed by atoms with van der Waals surface area (Å²) in [6.45, 7) is 2.34. The van der Waals surface area contributed by atoms with E-state index in [9.17, 15) is 18.0 Å². The smallest absolute Gasteiger partial charge is 0.350 e. The molecule has 0 bridgehead atoms. The highest BCUT2D eigenvalue weighted by atomic mass is 19.4. The molecule has 3 aromatic rings. The van der Waals surface area contributed by atoms with Gasteiger partial charge in [0.05, 0.1) is 24.0 Å². The predicted molar refractivity (Wildman–Crippen MR) is 102 cm³/mol. The van der Waals surface area contributed by atoms with Gasteiger partial charge < -0.3 is 15.5 Å². The first-order chi connectivity index (χ1) is 14.2. The lowest BCUT2D eigenvalue weighted by molar-refractivity contribution is -0.137. The molecule has 1 amide bonds. The van der Waals surface area contributed by atoms with E-state index in [2.05, 4.69) is 30.7 Å². The van der Waals surface area contributed by atoms with E-state index in [0.29, 0.717) is 29.7 Å². The average molecular weight is 418 g/mol. The molecule has 0 unspecified atom stereocenters. The summed E-state index contributed by atoms with van der Waals surface area (Å²) in [4.78, 5) is 26.4. The number of hydrogen-bond donors (Lipinski definition) is 2. The van der Waals surface area contributed by atoms with Crippen LogP contribution in [0.25, 0.3) is 5.82 Å². The first kappa shape index (κ1) is 19.6. The lowest BCUT2D eigenvalue weighted by Crippen LogP contribution is -2.36. The number of likely N-dealkylation sites (N-methyl/N-ethyl adjacent to an activating group) is 1. The van der Waals surface area contributed by atoms with E-state index in [1.165, 1.54) is 6.20 Å². The Labute approximate surface area is 169 Å². The number of aryl methyl sites for hydroxylation is 1. The van der Waals surface area contributed by atoms with Gasteiger partial charge in [-0.25, -0.2) is 14.6 Å². The second-order valence-electron chi connectivity index (χ2n) is 6.79. The molecule has 0 spiro atoms. The van der Waals surface area contributed by atoms with Crippen LogP contribution in [0.5, 0.6) is 0 Å². The van der Waals surface area contributed by atoms with Crippen LogP contribution in [-0.4, -0.2) is 44.2 Å². The third kappa shape index (κ3) is 3.88. The molecule has 1 aliphatic rings. The molecule has 4 heterocycles. The Bertz CT molecular complexity index is 1090. The van der Waals surface area contributed by atoms with Gasteiger partial charge in [-0.05, 0) is 18.6 Å². The van der Waals surface area contributed by atoms with Crippen molar-refractivity contribution < 1.29 is 18.0 Å². The van der Waals surface area contributed by atoms with Crippen molar-refractivity contribution in [1.82, 2.24) is 24.7 Å². The third-order valence-electron chi connectivity index (χ3n) is 4.48. The first-order valence-electron chi connectivity index (χ1n) is 8.91. The summed E-state index contributed by atoms with van der Waals surface area (Å²) >= 11 is 0. The number of fused-ring (bicyclic) bond motifs is 1. The van der Waals surface area contributed by atoms with Gasteiger partial charge >= 0.3 is 6.18 Å². The van der Waals surface area contributed by atoms with Gasteiger partial charge in [-0.15, -0.1) is 0 Å². The molecule has 0 fully saturated rings. The number of nitrogens with one attached hydrogen (secondary N) is 2. The Morgan fingerprint density at radius 2 is 2.03 bits per heavy atom. The largest absolute Gasteiger partial charge is 0.419 e. The maximum Gasteiger partial charge on any atom is 0.419 e. The normalized spacial score (nSPS) is 13.8. The number of halogens is 3. The number of alkyl halides is 3. The molecule has 0 saturated carbocycles. The fourth-order valence-electron chi connectivity index (χ4n) is 2.96. The quantitative estimate of drug-likeness (QED) is 0.671. The maximum atomic E-state index is 12.7. The molecule has 0 aromatic carbocycles. The van der Waals surface area contributed by atoms with Gasteiger partial charge in [0.2, 0.25) is 11.9 Å². The van der Waals surface area contributed by atoms with Crippen molar-refractivity contribution in [3.05, 3.63) is 47.5 Å². The minimum absolute atomic E-state index is 0.122. The Balaban J connectivity index is 1.46. The highest BCUT2D eigenvalue weighted by Crippen LogP contribution is 2.30. The van der Waals surface area contributed by atoms with Crippen molar-refractivity contribution in [2.45, 2.75) is 19.6 Å². The Morgan fingerprint density at radius 1 is 1.23 bits per heavy atom. The van der Waals surface area contributed by atoms with Gasteiger partial charge in [0, 0.05) is 26.0 Å². The van der Waals surface area contributed by atoms with E-state index < -0.39 is 11.7 Å². The molecule has 0 atom stereocenters. The Hall–Kier alpha value is -3.70. The SMILES string of the molecule is Cc1nc(NCc2ccc(-n3cc(C(F)(F)F)cn3)nc2)nc2c1NC(=O)CN2C. The first-order valence-corrected chi connectivity index (χ1v) is 8.91. The minimum Gasteiger partial charge on any atom is -0.350 e. The molecule has 156 valence electrons. The van der Waals surface area contributed by atoms with Gasteiger partial charge in [-0.1, -0.05) is 6.07 Å². The molecule has 1 aliphatic heterocycles. The van der Waals surface area contributed by atoms with Crippen LogP contribution in [0.15, 0.2) is 30.7 Å². The summed E-state index contributed by atoms with van der Waals surface area (Å²) in [5.74, 6) is 1.16. The summed E-state index contributed by atoms with van der Waals surface area (Å²) in [6.07, 6.45) is -1.27. The number of aromatic nitrogens is 5. The summed E-state index contributed by atoms with van der Waals surface area (Å²) in [7, 11) is 1.77. The number of hydrogen-bond acceptors (Lipinski definition) is 7. The van der Waals surface area contributed by atoms with Gasteiger partial charge in [0.25, 0.3) is 0 Å². The van der Waals surface area contributed by atoms with E-state index in [4.69, 9.17) is 0 Å². The number of rotatable bonds is 4. The molecule has 12 heteroatoms. The van der Waals surface area contributed by atoms with E-state index in [0.717, 1.165) is 22.6 Å². The minimum atomic E-state index is -4.45. The second-order valence-corrected chi connectivity index (χ2v) is 6.79. The van der Waals surface area contributed by atoms with Crippen molar-refractivity contribution >= 4 is 23.4 Å². The number of nitrogens with zero attached hydrogens (tertiary/aromatic N) is 6. The second kappa shape index (κ2) is 7.28. The van der Waals surface area contributed by atoms with Crippen molar-refractivity contribution in [3.63, 3.8) is 0 Å². The van der Waals surface area contributed by atoms with E-state index in [1.807, 2.05) is 0 Å². The lowest BCUT2D eigenvalue weighted by Gasteiger charge is -2.27. The van der Waals surface area contributed by atoms with Crippen LogP contribution in [0, 0.1) is 6.92 Å². The van der Waals surface area contributed by atoms with Gasteiger partial charge in [-0.3, -0.25) is 4.79 Å². The molecule has 0 radical (unpaired) electrons. The van der Waals surface area contributed by atoms with Crippen LogP contribution in [0.1, 0.15) is 16.8 Å². The van der Waals surface area contributed by atoms with Crippen LogP contribution in [0.4, 0.5) is 30.6 Å². The summed E-state index contributed by atoms with van der Waals surface area (Å²) in [5.41, 5.74) is 1.16. The Kier molecular flexibility index (Phi) is 4.76. The van der Waals surface area contributed by atoms with Gasteiger partial charge in [0.1, 0.15) is 5.69 Å². The number of carbonyl (C=O) groups excluding carboxylic acids is 1. The van der Waals surface area contributed by atoms with Crippen LogP contribution < -0.4 is 15.5 Å². The van der Waals surface area contributed by atoms with Gasteiger partial charge in [0.15, 0.2) is 11.6 Å². The van der Waals surface area contributed by atoms with Crippen LogP contribution in [-0.2, 0) is 17.5 Å².